The fraction of sp³-hybridized carbons (Fsp3) is 0.615. The van der Waals surface area contributed by atoms with Gasteiger partial charge in [0.05, 0.1) is 17.6 Å². The first-order valence-electron chi connectivity index (χ1n) is 5.69. The normalized spacial score (nSPS) is 13.4. The molecule has 0 saturated carbocycles. The molecule has 0 spiro atoms. The van der Waals surface area contributed by atoms with Crippen LogP contribution in [0.15, 0.2) is 18.5 Å². The highest BCUT2D eigenvalue weighted by Crippen LogP contribution is 2.21. The van der Waals surface area contributed by atoms with E-state index in [9.17, 15) is 5.11 Å². The van der Waals surface area contributed by atoms with Crippen LogP contribution in [-0.2, 0) is 6.54 Å². The molecule has 0 fully saturated rings. The van der Waals surface area contributed by atoms with Crippen molar-refractivity contribution in [1.82, 2.24) is 4.57 Å². The molecule has 1 heterocycles. The van der Waals surface area contributed by atoms with Crippen LogP contribution in [0.5, 0.6) is 0 Å². The molecule has 0 aliphatic rings. The van der Waals surface area contributed by atoms with Gasteiger partial charge in [-0.25, -0.2) is 0 Å². The van der Waals surface area contributed by atoms with Crippen LogP contribution in [0.25, 0.3) is 0 Å². The second-order valence-corrected chi connectivity index (χ2v) is 4.96. The van der Waals surface area contributed by atoms with Gasteiger partial charge in [0.25, 0.3) is 0 Å². The highest BCUT2D eigenvalue weighted by Gasteiger charge is 2.15. The van der Waals surface area contributed by atoms with Crippen LogP contribution < -0.4 is 0 Å². The molecule has 88 valence electrons. The number of aliphatic hydroxyl groups excluding tert-OH is 1. The predicted octanol–water partition coefficient (Wildman–Crippen LogP) is 2.87. The quantitative estimate of drug-likeness (QED) is 0.829. The minimum absolute atomic E-state index is 0.236. The van der Waals surface area contributed by atoms with Gasteiger partial charge in [0.15, 0.2) is 0 Å². The Morgan fingerprint density at radius 2 is 2.25 bits per heavy atom. The lowest BCUT2D eigenvalue weighted by Crippen LogP contribution is -2.09. The van der Waals surface area contributed by atoms with Crippen molar-refractivity contribution in [3.63, 3.8) is 0 Å². The fourth-order valence-electron chi connectivity index (χ4n) is 1.61. The standard InChI is InChI=1S/C13H20N2O/c1-11(16)12-5-8-15(9-12)7-4-6-13(2,3)10-14/h5,8-9,11,16H,4,6-7H2,1-3H3. The van der Waals surface area contributed by atoms with Crippen LogP contribution in [-0.4, -0.2) is 9.67 Å². The van der Waals surface area contributed by atoms with Gasteiger partial charge in [-0.2, -0.15) is 5.26 Å². The summed E-state index contributed by atoms with van der Waals surface area (Å²) in [6, 6.07) is 4.23. The first-order valence-corrected chi connectivity index (χ1v) is 5.69. The third-order valence-corrected chi connectivity index (χ3v) is 2.78. The van der Waals surface area contributed by atoms with Crippen LogP contribution in [0, 0.1) is 16.7 Å². The zero-order valence-electron chi connectivity index (χ0n) is 10.3. The van der Waals surface area contributed by atoms with Crippen LogP contribution in [0.2, 0.25) is 0 Å². The van der Waals surface area contributed by atoms with Crippen LogP contribution >= 0.6 is 0 Å². The summed E-state index contributed by atoms with van der Waals surface area (Å²) in [5, 5.41) is 18.3. The Balaban J connectivity index is 2.41. The number of nitriles is 1. The summed E-state index contributed by atoms with van der Waals surface area (Å²) in [6.45, 7) is 6.59. The highest BCUT2D eigenvalue weighted by atomic mass is 16.3. The van der Waals surface area contributed by atoms with Crippen LogP contribution in [0.1, 0.15) is 45.3 Å². The Morgan fingerprint density at radius 3 is 2.75 bits per heavy atom. The molecule has 1 rings (SSSR count). The summed E-state index contributed by atoms with van der Waals surface area (Å²) in [5.41, 5.74) is 0.708. The van der Waals surface area contributed by atoms with E-state index in [1.165, 1.54) is 0 Å². The van der Waals surface area contributed by atoms with Crippen molar-refractivity contribution in [3.05, 3.63) is 24.0 Å². The molecule has 0 radical (unpaired) electrons. The molecule has 1 unspecified atom stereocenters. The van der Waals surface area contributed by atoms with E-state index in [0.29, 0.717) is 0 Å². The SMILES string of the molecule is CC(O)c1ccn(CCCC(C)(C)C#N)c1. The van der Waals surface area contributed by atoms with Crippen molar-refractivity contribution in [1.29, 1.82) is 5.26 Å². The Labute approximate surface area is 97.3 Å². The smallest absolute Gasteiger partial charge is 0.0776 e. The van der Waals surface area contributed by atoms with E-state index in [0.717, 1.165) is 24.9 Å². The fourth-order valence-corrected chi connectivity index (χ4v) is 1.61. The van der Waals surface area contributed by atoms with E-state index < -0.39 is 6.10 Å². The largest absolute Gasteiger partial charge is 0.389 e. The average Bonchev–Trinajstić information content (AvgIpc) is 2.66. The first kappa shape index (κ1) is 12.8. The van der Waals surface area contributed by atoms with Crippen molar-refractivity contribution >= 4 is 0 Å². The number of nitrogens with zero attached hydrogens (tertiary/aromatic N) is 2. The van der Waals surface area contributed by atoms with Gasteiger partial charge in [-0.15, -0.1) is 0 Å². The monoisotopic (exact) mass is 220 g/mol. The van der Waals surface area contributed by atoms with Crippen LogP contribution in [0.4, 0.5) is 0 Å². The van der Waals surface area contributed by atoms with Gasteiger partial charge < -0.3 is 9.67 Å². The number of aliphatic hydroxyl groups is 1. The second kappa shape index (κ2) is 5.18. The predicted molar refractivity (Wildman–Crippen MR) is 63.7 cm³/mol. The summed E-state index contributed by atoms with van der Waals surface area (Å²) in [4.78, 5) is 0. The van der Waals surface area contributed by atoms with Crippen molar-refractivity contribution in [3.8, 4) is 6.07 Å². The van der Waals surface area contributed by atoms with Gasteiger partial charge in [-0.3, -0.25) is 0 Å². The topological polar surface area (TPSA) is 49.0 Å². The minimum Gasteiger partial charge on any atom is -0.389 e. The lowest BCUT2D eigenvalue weighted by atomic mass is 9.90. The molecule has 1 aromatic rings. The third kappa shape index (κ3) is 3.71. The number of hydrogen-bond acceptors (Lipinski definition) is 2. The average molecular weight is 220 g/mol. The van der Waals surface area contributed by atoms with E-state index in [2.05, 4.69) is 10.6 Å². The molecule has 1 aromatic heterocycles. The molecule has 0 amide bonds. The van der Waals surface area contributed by atoms with Crippen molar-refractivity contribution in [2.45, 2.75) is 46.3 Å². The molecule has 0 bridgehead atoms. The molecule has 0 aliphatic carbocycles. The number of hydrogen-bond donors (Lipinski definition) is 1. The van der Waals surface area contributed by atoms with E-state index >= 15 is 0 Å². The molecule has 1 N–H and O–H groups in total. The van der Waals surface area contributed by atoms with E-state index in [-0.39, 0.29) is 5.41 Å². The van der Waals surface area contributed by atoms with E-state index in [4.69, 9.17) is 5.26 Å². The Hall–Kier alpha value is -1.27. The van der Waals surface area contributed by atoms with Crippen molar-refractivity contribution in [2.24, 2.45) is 5.41 Å². The Kier molecular flexibility index (Phi) is 4.14. The van der Waals surface area contributed by atoms with Gasteiger partial charge in [-0.05, 0) is 45.2 Å². The highest BCUT2D eigenvalue weighted by molar-refractivity contribution is 5.12. The zero-order chi connectivity index (χ0) is 12.2. The molecular weight excluding hydrogens is 200 g/mol. The molecule has 3 heteroatoms. The maximum absolute atomic E-state index is 9.37. The summed E-state index contributed by atoms with van der Waals surface area (Å²) < 4.78 is 2.06. The van der Waals surface area contributed by atoms with Gasteiger partial charge in [0, 0.05) is 18.9 Å². The molecule has 3 nitrogen and oxygen atoms in total. The van der Waals surface area contributed by atoms with Gasteiger partial charge >= 0.3 is 0 Å². The minimum atomic E-state index is -0.406. The zero-order valence-corrected chi connectivity index (χ0v) is 10.3. The van der Waals surface area contributed by atoms with Gasteiger partial charge in [0.1, 0.15) is 0 Å². The Morgan fingerprint density at radius 1 is 1.56 bits per heavy atom. The third-order valence-electron chi connectivity index (χ3n) is 2.78. The lowest BCUT2D eigenvalue weighted by Gasteiger charge is -2.14. The maximum atomic E-state index is 9.37. The molecule has 0 saturated heterocycles. The summed E-state index contributed by atoms with van der Waals surface area (Å²) >= 11 is 0. The van der Waals surface area contributed by atoms with Crippen LogP contribution in [0.3, 0.4) is 0 Å². The molecule has 0 aromatic carbocycles. The van der Waals surface area contributed by atoms with E-state index in [1.54, 1.807) is 6.92 Å². The summed E-state index contributed by atoms with van der Waals surface area (Å²) in [6.07, 6.45) is 5.41. The first-order chi connectivity index (χ1) is 7.44. The number of aromatic nitrogens is 1. The number of rotatable bonds is 5. The van der Waals surface area contributed by atoms with Gasteiger partial charge in [-0.1, -0.05) is 0 Å². The molecule has 16 heavy (non-hydrogen) atoms. The Bertz CT molecular complexity index is 372. The molecule has 0 aliphatic heterocycles. The molecule has 1 atom stereocenters. The molecular formula is C13H20N2O. The van der Waals surface area contributed by atoms with Crippen molar-refractivity contribution in [2.75, 3.05) is 0 Å². The summed E-state index contributed by atoms with van der Waals surface area (Å²) in [5.74, 6) is 0. The number of aryl methyl sites for hydroxylation is 1. The van der Waals surface area contributed by atoms with Gasteiger partial charge in [0.2, 0.25) is 0 Å². The lowest BCUT2D eigenvalue weighted by molar-refractivity contribution is 0.199. The summed E-state index contributed by atoms with van der Waals surface area (Å²) in [7, 11) is 0. The van der Waals surface area contributed by atoms with E-state index in [1.807, 2.05) is 32.3 Å². The second-order valence-electron chi connectivity index (χ2n) is 4.96. The maximum Gasteiger partial charge on any atom is 0.0776 e. The van der Waals surface area contributed by atoms with Crippen molar-refractivity contribution < 1.29 is 5.11 Å².